The number of likely N-dealkylation sites (tertiary alicyclic amines) is 1. The van der Waals surface area contributed by atoms with E-state index in [0.717, 1.165) is 26.2 Å². The highest BCUT2D eigenvalue weighted by Crippen LogP contribution is 2.33. The molecule has 1 heterocycles. The topological polar surface area (TPSA) is 45.2 Å². The third-order valence-corrected chi connectivity index (χ3v) is 5.47. The van der Waals surface area contributed by atoms with Gasteiger partial charge in [0.05, 0.1) is 7.11 Å². The zero-order chi connectivity index (χ0) is 19.2. The fraction of sp³-hybridized carbons (Fsp3) is 0.714. The SMILES string of the molecule is CCN(CC)C[C@H](O)COc1cc(CN2CCCC2(C)C)ccc1OC. The lowest BCUT2D eigenvalue weighted by Crippen LogP contribution is -2.37. The highest BCUT2D eigenvalue weighted by atomic mass is 16.5. The van der Waals surface area contributed by atoms with Gasteiger partial charge in [0.2, 0.25) is 0 Å². The van der Waals surface area contributed by atoms with Crippen LogP contribution < -0.4 is 9.47 Å². The zero-order valence-corrected chi connectivity index (χ0v) is 17.1. The summed E-state index contributed by atoms with van der Waals surface area (Å²) in [6.45, 7) is 13.6. The van der Waals surface area contributed by atoms with Gasteiger partial charge in [-0.15, -0.1) is 0 Å². The zero-order valence-electron chi connectivity index (χ0n) is 17.1. The van der Waals surface area contributed by atoms with Crippen molar-refractivity contribution in [3.63, 3.8) is 0 Å². The minimum Gasteiger partial charge on any atom is -0.493 e. The maximum Gasteiger partial charge on any atom is 0.161 e. The summed E-state index contributed by atoms with van der Waals surface area (Å²) in [5, 5.41) is 10.3. The van der Waals surface area contributed by atoms with Gasteiger partial charge < -0.3 is 19.5 Å². The lowest BCUT2D eigenvalue weighted by molar-refractivity contribution is 0.0705. The van der Waals surface area contributed by atoms with Crippen molar-refractivity contribution in [2.24, 2.45) is 0 Å². The summed E-state index contributed by atoms with van der Waals surface area (Å²) in [5.74, 6) is 1.42. The number of hydrogen-bond acceptors (Lipinski definition) is 5. The quantitative estimate of drug-likeness (QED) is 0.691. The molecule has 1 saturated heterocycles. The number of methoxy groups -OCH3 is 1. The average Bonchev–Trinajstić information content (AvgIpc) is 2.96. The van der Waals surface area contributed by atoms with Gasteiger partial charge in [0.15, 0.2) is 11.5 Å². The van der Waals surface area contributed by atoms with Gasteiger partial charge in [-0.25, -0.2) is 0 Å². The first-order valence-corrected chi connectivity index (χ1v) is 9.84. The molecule has 1 aromatic rings. The molecule has 5 nitrogen and oxygen atoms in total. The average molecular weight is 365 g/mol. The molecule has 0 spiro atoms. The van der Waals surface area contributed by atoms with Gasteiger partial charge in [0, 0.05) is 18.6 Å². The molecule has 0 saturated carbocycles. The number of rotatable bonds is 10. The molecule has 0 bridgehead atoms. The van der Waals surface area contributed by atoms with Gasteiger partial charge in [-0.3, -0.25) is 4.90 Å². The minimum absolute atomic E-state index is 0.251. The van der Waals surface area contributed by atoms with Crippen LogP contribution in [0.5, 0.6) is 11.5 Å². The summed E-state index contributed by atoms with van der Waals surface area (Å²) >= 11 is 0. The Morgan fingerprint density at radius 2 is 1.96 bits per heavy atom. The Bertz CT molecular complexity index is 558. The van der Waals surface area contributed by atoms with Gasteiger partial charge in [0.25, 0.3) is 0 Å². The molecule has 1 aliphatic rings. The number of ether oxygens (including phenoxy) is 2. The van der Waals surface area contributed by atoms with Crippen LogP contribution in [-0.4, -0.2) is 66.4 Å². The Morgan fingerprint density at radius 1 is 1.23 bits per heavy atom. The molecule has 0 radical (unpaired) electrons. The van der Waals surface area contributed by atoms with Crippen molar-refractivity contribution < 1.29 is 14.6 Å². The molecule has 0 aromatic heterocycles. The first-order chi connectivity index (χ1) is 12.4. The number of likely N-dealkylation sites (N-methyl/N-ethyl adjacent to an activating group) is 1. The van der Waals surface area contributed by atoms with Crippen molar-refractivity contribution >= 4 is 0 Å². The van der Waals surface area contributed by atoms with E-state index in [1.54, 1.807) is 7.11 Å². The maximum atomic E-state index is 10.3. The van der Waals surface area contributed by atoms with E-state index in [-0.39, 0.29) is 12.1 Å². The molecule has 0 amide bonds. The molecule has 148 valence electrons. The standard InChI is InChI=1S/C21H36N2O3/c1-6-22(7-2)15-18(24)16-26-20-13-17(9-10-19(20)25-5)14-23-12-8-11-21(23,3)4/h9-10,13,18,24H,6-8,11-12,14-16H2,1-5H3/t18-/m0/s1. The fourth-order valence-corrected chi connectivity index (χ4v) is 3.63. The molecule has 1 aliphatic heterocycles. The largest absolute Gasteiger partial charge is 0.493 e. The maximum absolute atomic E-state index is 10.3. The summed E-state index contributed by atoms with van der Waals surface area (Å²) in [6, 6.07) is 6.12. The van der Waals surface area contributed by atoms with Crippen molar-refractivity contribution in [3.05, 3.63) is 23.8 Å². The number of hydrogen-bond donors (Lipinski definition) is 1. The first kappa shape index (κ1) is 21.0. The van der Waals surface area contributed by atoms with Crippen LogP contribution in [0.25, 0.3) is 0 Å². The van der Waals surface area contributed by atoms with E-state index >= 15 is 0 Å². The van der Waals surface area contributed by atoms with E-state index in [4.69, 9.17) is 9.47 Å². The van der Waals surface area contributed by atoms with E-state index in [9.17, 15) is 5.11 Å². The molecule has 26 heavy (non-hydrogen) atoms. The Balaban J connectivity index is 2.00. The van der Waals surface area contributed by atoms with Crippen LogP contribution in [0.4, 0.5) is 0 Å². The lowest BCUT2D eigenvalue weighted by Gasteiger charge is -2.31. The molecule has 1 atom stereocenters. The van der Waals surface area contributed by atoms with E-state index in [0.29, 0.717) is 18.0 Å². The van der Waals surface area contributed by atoms with Crippen LogP contribution in [-0.2, 0) is 6.54 Å². The summed E-state index contributed by atoms with van der Waals surface area (Å²) < 4.78 is 11.4. The van der Waals surface area contributed by atoms with E-state index in [1.807, 2.05) is 6.07 Å². The number of aliphatic hydroxyl groups excluding tert-OH is 1. The summed E-state index contributed by atoms with van der Waals surface area (Å²) in [4.78, 5) is 4.71. The second-order valence-corrected chi connectivity index (χ2v) is 7.77. The number of nitrogens with zero attached hydrogens (tertiary/aromatic N) is 2. The summed E-state index contributed by atoms with van der Waals surface area (Å²) in [7, 11) is 1.65. The molecular formula is C21H36N2O3. The minimum atomic E-state index is -0.513. The third kappa shape index (κ3) is 5.60. The summed E-state index contributed by atoms with van der Waals surface area (Å²) in [6.07, 6.45) is 1.98. The normalized spacial score (nSPS) is 18.3. The van der Waals surface area contributed by atoms with Crippen LogP contribution in [0, 0.1) is 0 Å². The Morgan fingerprint density at radius 3 is 2.54 bits per heavy atom. The predicted molar refractivity (Wildman–Crippen MR) is 106 cm³/mol. The molecule has 1 aromatic carbocycles. The second kappa shape index (κ2) is 9.58. The highest BCUT2D eigenvalue weighted by Gasteiger charge is 2.31. The Kier molecular flexibility index (Phi) is 7.74. The molecule has 0 unspecified atom stereocenters. The predicted octanol–water partition coefficient (Wildman–Crippen LogP) is 3.15. The molecular weight excluding hydrogens is 328 g/mol. The smallest absolute Gasteiger partial charge is 0.161 e. The second-order valence-electron chi connectivity index (χ2n) is 7.77. The van der Waals surface area contributed by atoms with Crippen molar-refractivity contribution in [2.75, 3.05) is 39.9 Å². The van der Waals surface area contributed by atoms with Gasteiger partial charge >= 0.3 is 0 Å². The Hall–Kier alpha value is -1.30. The van der Waals surface area contributed by atoms with Gasteiger partial charge in [-0.1, -0.05) is 19.9 Å². The van der Waals surface area contributed by atoms with Crippen molar-refractivity contribution in [1.82, 2.24) is 9.80 Å². The third-order valence-electron chi connectivity index (χ3n) is 5.47. The fourth-order valence-electron chi connectivity index (χ4n) is 3.63. The molecule has 1 fully saturated rings. The van der Waals surface area contributed by atoms with Crippen LogP contribution >= 0.6 is 0 Å². The lowest BCUT2D eigenvalue weighted by atomic mass is 10.0. The Labute approximate surface area is 158 Å². The van der Waals surface area contributed by atoms with Crippen LogP contribution in [0.2, 0.25) is 0 Å². The van der Waals surface area contributed by atoms with Gasteiger partial charge in [0.1, 0.15) is 12.7 Å². The van der Waals surface area contributed by atoms with Crippen molar-refractivity contribution in [3.8, 4) is 11.5 Å². The van der Waals surface area contributed by atoms with Crippen LogP contribution in [0.3, 0.4) is 0 Å². The number of benzene rings is 1. The molecule has 1 N–H and O–H groups in total. The molecule has 5 heteroatoms. The van der Waals surface area contributed by atoms with Gasteiger partial charge in [-0.05, 0) is 64.0 Å². The van der Waals surface area contributed by atoms with E-state index < -0.39 is 6.10 Å². The first-order valence-electron chi connectivity index (χ1n) is 9.84. The van der Waals surface area contributed by atoms with Crippen LogP contribution in [0.15, 0.2) is 18.2 Å². The number of aliphatic hydroxyl groups is 1. The molecule has 2 rings (SSSR count). The monoisotopic (exact) mass is 364 g/mol. The van der Waals surface area contributed by atoms with Crippen molar-refractivity contribution in [2.45, 2.75) is 58.7 Å². The molecule has 0 aliphatic carbocycles. The van der Waals surface area contributed by atoms with E-state index in [1.165, 1.54) is 18.4 Å². The highest BCUT2D eigenvalue weighted by molar-refractivity contribution is 5.43. The van der Waals surface area contributed by atoms with Crippen molar-refractivity contribution in [1.29, 1.82) is 0 Å². The van der Waals surface area contributed by atoms with Crippen LogP contribution in [0.1, 0.15) is 46.1 Å². The summed E-state index contributed by atoms with van der Waals surface area (Å²) in [5.41, 5.74) is 1.47. The van der Waals surface area contributed by atoms with E-state index in [2.05, 4.69) is 49.6 Å². The van der Waals surface area contributed by atoms with Gasteiger partial charge in [-0.2, -0.15) is 0 Å².